The molecule has 1 fully saturated rings. The predicted molar refractivity (Wildman–Crippen MR) is 78.3 cm³/mol. The van der Waals surface area contributed by atoms with E-state index in [2.05, 4.69) is 19.9 Å². The minimum atomic E-state index is 0.257. The largest absolute Gasteiger partial charge is 0.368 e. The monoisotopic (exact) mass is 289 g/mol. The molecule has 104 valence electrons. The number of anilines is 1. The van der Waals surface area contributed by atoms with Gasteiger partial charge in [0.05, 0.1) is 5.02 Å². The van der Waals surface area contributed by atoms with Crippen LogP contribution in [0, 0.1) is 0 Å². The van der Waals surface area contributed by atoms with Gasteiger partial charge in [0, 0.05) is 12.1 Å². The molecule has 5 nitrogen and oxygen atoms in total. The lowest BCUT2D eigenvalue weighted by Gasteiger charge is -2.20. The van der Waals surface area contributed by atoms with Crippen molar-refractivity contribution in [1.29, 1.82) is 0 Å². The Kier molecular flexibility index (Phi) is 3.78. The van der Waals surface area contributed by atoms with Crippen molar-refractivity contribution in [3.8, 4) is 11.5 Å². The van der Waals surface area contributed by atoms with Crippen LogP contribution in [0.2, 0.25) is 5.02 Å². The molecule has 0 atom stereocenters. The van der Waals surface area contributed by atoms with Crippen LogP contribution in [-0.2, 0) is 0 Å². The van der Waals surface area contributed by atoms with Crippen LogP contribution in [-0.4, -0.2) is 19.9 Å². The topological polar surface area (TPSA) is 77.6 Å². The van der Waals surface area contributed by atoms with Crippen LogP contribution < -0.4 is 5.73 Å². The van der Waals surface area contributed by atoms with Gasteiger partial charge in [-0.05, 0) is 25.0 Å². The highest BCUT2D eigenvalue weighted by Gasteiger charge is 2.20. The fraction of sp³-hybridized carbons (Fsp3) is 0.429. The van der Waals surface area contributed by atoms with E-state index >= 15 is 0 Å². The molecule has 1 saturated carbocycles. The lowest BCUT2D eigenvalue weighted by molar-refractivity contribution is 0.428. The molecule has 0 aromatic carbocycles. The van der Waals surface area contributed by atoms with Gasteiger partial charge in [0.2, 0.25) is 5.95 Å². The molecule has 6 heteroatoms. The second-order valence-electron chi connectivity index (χ2n) is 5.07. The Labute approximate surface area is 122 Å². The Morgan fingerprint density at radius 2 is 1.85 bits per heavy atom. The summed E-state index contributed by atoms with van der Waals surface area (Å²) in [7, 11) is 0. The van der Waals surface area contributed by atoms with Crippen molar-refractivity contribution < 1.29 is 0 Å². The minimum Gasteiger partial charge on any atom is -0.368 e. The number of aromatic nitrogens is 4. The highest BCUT2D eigenvalue weighted by atomic mass is 35.5. The Hall–Kier alpha value is -1.75. The van der Waals surface area contributed by atoms with Crippen LogP contribution >= 0.6 is 11.6 Å². The van der Waals surface area contributed by atoms with E-state index in [1.54, 1.807) is 18.3 Å². The molecular formula is C14H16ClN5. The summed E-state index contributed by atoms with van der Waals surface area (Å²) in [5, 5.41) is 0.586. The number of hydrogen-bond donors (Lipinski definition) is 1. The van der Waals surface area contributed by atoms with Crippen molar-refractivity contribution in [2.24, 2.45) is 0 Å². The summed E-state index contributed by atoms with van der Waals surface area (Å²) in [5.41, 5.74) is 6.48. The number of pyridine rings is 1. The van der Waals surface area contributed by atoms with Gasteiger partial charge < -0.3 is 5.73 Å². The summed E-state index contributed by atoms with van der Waals surface area (Å²) in [6, 6.07) is 3.56. The third-order valence-corrected chi connectivity index (χ3v) is 3.82. The van der Waals surface area contributed by atoms with Gasteiger partial charge in [0.15, 0.2) is 5.82 Å². The summed E-state index contributed by atoms with van der Waals surface area (Å²) < 4.78 is 0. The van der Waals surface area contributed by atoms with E-state index in [0.29, 0.717) is 22.5 Å². The minimum absolute atomic E-state index is 0.257. The number of halogens is 1. The second-order valence-corrected chi connectivity index (χ2v) is 5.51. The molecule has 2 aromatic heterocycles. The Bertz CT molecular complexity index is 593. The van der Waals surface area contributed by atoms with E-state index in [1.165, 1.54) is 19.3 Å². The first-order valence-corrected chi connectivity index (χ1v) is 7.23. The van der Waals surface area contributed by atoms with Gasteiger partial charge in [-0.15, -0.1) is 0 Å². The van der Waals surface area contributed by atoms with Gasteiger partial charge in [-0.3, -0.25) is 4.98 Å². The standard InChI is InChI=1S/C14H16ClN5/c15-10-6-7-11(17-8-10)13-18-12(19-14(16)20-13)9-4-2-1-3-5-9/h6-9H,1-5H2,(H2,16,18,19,20). The van der Waals surface area contributed by atoms with Crippen molar-refractivity contribution in [2.75, 3.05) is 5.73 Å². The molecular weight excluding hydrogens is 274 g/mol. The Balaban J connectivity index is 1.95. The molecule has 0 bridgehead atoms. The third-order valence-electron chi connectivity index (χ3n) is 3.60. The van der Waals surface area contributed by atoms with Crippen molar-refractivity contribution in [3.05, 3.63) is 29.2 Å². The van der Waals surface area contributed by atoms with Crippen LogP contribution in [0.25, 0.3) is 11.5 Å². The maximum Gasteiger partial charge on any atom is 0.223 e. The van der Waals surface area contributed by atoms with E-state index in [1.807, 2.05) is 0 Å². The first-order valence-electron chi connectivity index (χ1n) is 6.86. The zero-order chi connectivity index (χ0) is 13.9. The molecule has 2 aromatic rings. The maximum atomic E-state index is 5.84. The van der Waals surface area contributed by atoms with Gasteiger partial charge in [-0.2, -0.15) is 9.97 Å². The van der Waals surface area contributed by atoms with E-state index < -0.39 is 0 Å². The molecule has 3 rings (SSSR count). The summed E-state index contributed by atoms with van der Waals surface area (Å²) in [6.45, 7) is 0. The van der Waals surface area contributed by atoms with Crippen molar-refractivity contribution in [1.82, 2.24) is 19.9 Å². The van der Waals surface area contributed by atoms with Gasteiger partial charge in [-0.1, -0.05) is 30.9 Å². The average Bonchev–Trinajstić information content (AvgIpc) is 2.48. The smallest absolute Gasteiger partial charge is 0.223 e. The highest BCUT2D eigenvalue weighted by Crippen LogP contribution is 2.31. The van der Waals surface area contributed by atoms with Gasteiger partial charge in [0.1, 0.15) is 11.5 Å². The second kappa shape index (κ2) is 5.71. The number of hydrogen-bond acceptors (Lipinski definition) is 5. The quantitative estimate of drug-likeness (QED) is 0.918. The average molecular weight is 290 g/mol. The third kappa shape index (κ3) is 2.88. The fourth-order valence-electron chi connectivity index (χ4n) is 2.58. The molecule has 20 heavy (non-hydrogen) atoms. The Morgan fingerprint density at radius 3 is 2.55 bits per heavy atom. The first kappa shape index (κ1) is 13.2. The van der Waals surface area contributed by atoms with E-state index in [4.69, 9.17) is 17.3 Å². The molecule has 0 aliphatic heterocycles. The van der Waals surface area contributed by atoms with Crippen LogP contribution in [0.15, 0.2) is 18.3 Å². The molecule has 0 unspecified atom stereocenters. The molecule has 0 saturated heterocycles. The summed E-state index contributed by atoms with van der Waals surface area (Å²) >= 11 is 5.84. The molecule has 2 N–H and O–H groups in total. The van der Waals surface area contributed by atoms with Crippen molar-refractivity contribution in [2.45, 2.75) is 38.0 Å². The molecule has 2 heterocycles. The van der Waals surface area contributed by atoms with E-state index in [0.717, 1.165) is 18.7 Å². The number of rotatable bonds is 2. The van der Waals surface area contributed by atoms with Crippen molar-refractivity contribution in [3.63, 3.8) is 0 Å². The summed E-state index contributed by atoms with van der Waals surface area (Å²) in [5.74, 6) is 1.96. The molecule has 1 aliphatic rings. The van der Waals surface area contributed by atoms with E-state index in [-0.39, 0.29) is 5.95 Å². The maximum absolute atomic E-state index is 5.84. The molecule has 1 aliphatic carbocycles. The molecule has 0 amide bonds. The lowest BCUT2D eigenvalue weighted by atomic mass is 9.89. The zero-order valence-corrected chi connectivity index (χ0v) is 11.8. The number of nitrogen functional groups attached to an aromatic ring is 1. The van der Waals surface area contributed by atoms with Crippen molar-refractivity contribution >= 4 is 17.5 Å². The molecule has 0 spiro atoms. The van der Waals surface area contributed by atoms with Crippen LogP contribution in [0.4, 0.5) is 5.95 Å². The summed E-state index contributed by atoms with van der Waals surface area (Å²) in [4.78, 5) is 17.3. The molecule has 0 radical (unpaired) electrons. The number of nitrogens with two attached hydrogens (primary N) is 1. The highest BCUT2D eigenvalue weighted by molar-refractivity contribution is 6.30. The van der Waals surface area contributed by atoms with Gasteiger partial charge in [0.25, 0.3) is 0 Å². The summed E-state index contributed by atoms with van der Waals surface area (Å²) in [6.07, 6.45) is 7.57. The van der Waals surface area contributed by atoms with E-state index in [9.17, 15) is 0 Å². The normalized spacial score (nSPS) is 16.2. The number of nitrogens with zero attached hydrogens (tertiary/aromatic N) is 4. The fourth-order valence-corrected chi connectivity index (χ4v) is 2.69. The first-order chi connectivity index (χ1) is 9.72. The van der Waals surface area contributed by atoms with Crippen LogP contribution in [0.5, 0.6) is 0 Å². The predicted octanol–water partition coefficient (Wildman–Crippen LogP) is 3.22. The lowest BCUT2D eigenvalue weighted by Crippen LogP contribution is -2.12. The zero-order valence-electron chi connectivity index (χ0n) is 11.1. The van der Waals surface area contributed by atoms with Crippen LogP contribution in [0.3, 0.4) is 0 Å². The van der Waals surface area contributed by atoms with Crippen LogP contribution in [0.1, 0.15) is 43.8 Å². The van der Waals surface area contributed by atoms with Gasteiger partial charge in [-0.25, -0.2) is 4.98 Å². The SMILES string of the molecule is Nc1nc(-c2ccc(Cl)cn2)nc(C2CCCCC2)n1. The van der Waals surface area contributed by atoms with Gasteiger partial charge >= 0.3 is 0 Å². The Morgan fingerprint density at radius 1 is 1.05 bits per heavy atom.